The molecule has 0 saturated carbocycles. The first-order valence-electron chi connectivity index (χ1n) is 17.5. The molecule has 2 aliphatic rings. The summed E-state index contributed by atoms with van der Waals surface area (Å²) in [5.41, 5.74) is 3.02. The summed E-state index contributed by atoms with van der Waals surface area (Å²) in [4.78, 5) is 59.6. The average Bonchev–Trinajstić information content (AvgIpc) is 3.88. The lowest BCUT2D eigenvalue weighted by Gasteiger charge is -2.31. The van der Waals surface area contributed by atoms with E-state index in [2.05, 4.69) is 42.4 Å². The number of phenols is 2. The number of carbonyl (C=O) groups is 4. The van der Waals surface area contributed by atoms with Crippen LogP contribution in [0.1, 0.15) is 65.7 Å². The quantitative estimate of drug-likeness (QED) is 0.162. The van der Waals surface area contributed by atoms with Crippen molar-refractivity contribution in [2.75, 3.05) is 26.2 Å². The van der Waals surface area contributed by atoms with E-state index in [1.807, 2.05) is 0 Å². The number of terminal acetylenes is 2. The molecule has 0 atom stereocenters. The third kappa shape index (κ3) is 7.74. The molecule has 2 aromatic carbocycles. The smallest absolute Gasteiger partial charge is 0.339 e. The molecule has 0 bridgehead atoms. The molecule has 0 unspecified atom stereocenters. The van der Waals surface area contributed by atoms with Gasteiger partial charge in [0.25, 0.3) is 11.8 Å². The lowest BCUT2D eigenvalue weighted by Crippen LogP contribution is -2.42. The van der Waals surface area contributed by atoms with Gasteiger partial charge < -0.3 is 30.2 Å². The molecular weight excluding hydrogens is 749 g/mol. The average molecular weight is 779 g/mol. The zero-order valence-corrected chi connectivity index (χ0v) is 30.2. The molecule has 58 heavy (non-hydrogen) atoms. The van der Waals surface area contributed by atoms with Gasteiger partial charge in [-0.3, -0.25) is 9.59 Å². The molecule has 18 heteroatoms. The molecule has 0 spiro atoms. The van der Waals surface area contributed by atoms with Crippen LogP contribution < -0.4 is 0 Å². The number of aromatic nitrogens is 8. The minimum Gasteiger partial charge on any atom is -0.507 e. The van der Waals surface area contributed by atoms with Gasteiger partial charge in [0.2, 0.25) is 0 Å². The van der Waals surface area contributed by atoms with Crippen molar-refractivity contribution in [1.29, 1.82) is 0 Å². The Balaban J connectivity index is 0.000000267. The van der Waals surface area contributed by atoms with Crippen LogP contribution in [0, 0.1) is 24.7 Å². The standard InChI is InChI=1S/C27H20N8O7.C13H10N2O/c36-23-10-15(2-4-17(23)26(39)40)34-12-21(29-31-34)19-8-14(25(38)33-6-1-7-33)9-20(28-19)22-13-35(32-30-22)16-3-5-18(27(41)42)24(37)11-16;1-3-11-8-10(9-12(4-2)14-11)13(16)15-6-5-7-15/h2-5,8-13,36-37H,1,6-7H2,(H,39,40)(H,41,42);1-2,8-9H,5-7H2. The van der Waals surface area contributed by atoms with Crippen LogP contribution in [-0.4, -0.2) is 120 Å². The van der Waals surface area contributed by atoms with Crippen molar-refractivity contribution in [3.8, 4) is 70.3 Å². The van der Waals surface area contributed by atoms with Crippen molar-refractivity contribution < 1.29 is 39.6 Å². The molecular formula is C40H30N10O8. The summed E-state index contributed by atoms with van der Waals surface area (Å²) < 4.78 is 2.66. The summed E-state index contributed by atoms with van der Waals surface area (Å²) in [6.07, 6.45) is 15.5. The number of amides is 2. The number of rotatable bonds is 8. The highest BCUT2D eigenvalue weighted by Crippen LogP contribution is 2.28. The summed E-state index contributed by atoms with van der Waals surface area (Å²) in [5, 5.41) is 54.9. The minimum absolute atomic E-state index is 0.0262. The summed E-state index contributed by atoms with van der Waals surface area (Å²) in [6.45, 7) is 2.86. The second-order valence-corrected chi connectivity index (χ2v) is 12.9. The fraction of sp³-hybridized carbons (Fsp3) is 0.150. The monoisotopic (exact) mass is 778 g/mol. The highest BCUT2D eigenvalue weighted by molar-refractivity contribution is 5.97. The van der Waals surface area contributed by atoms with Gasteiger partial charge in [0.15, 0.2) is 0 Å². The van der Waals surface area contributed by atoms with E-state index in [1.54, 1.807) is 34.1 Å². The van der Waals surface area contributed by atoms with E-state index in [-0.39, 0.29) is 34.3 Å². The highest BCUT2D eigenvalue weighted by Gasteiger charge is 2.25. The SMILES string of the molecule is C#Cc1cc(C(=O)N2CCC2)cc(C#C)n1.O=C(O)c1ccc(-n2cc(-c3cc(C(=O)N4CCC4)cc(-c4cn(-c5ccc(C(=O)O)c(O)c5)nn4)n3)nn2)cc1O. The third-order valence-electron chi connectivity index (χ3n) is 9.19. The molecule has 18 nitrogen and oxygen atoms in total. The molecule has 2 saturated heterocycles. The first kappa shape index (κ1) is 37.9. The number of carboxylic acids is 2. The van der Waals surface area contributed by atoms with Gasteiger partial charge in [-0.1, -0.05) is 22.3 Å². The molecule has 6 heterocycles. The van der Waals surface area contributed by atoms with Crippen LogP contribution in [0.2, 0.25) is 0 Å². The van der Waals surface area contributed by atoms with Gasteiger partial charge in [0, 0.05) is 49.4 Å². The predicted molar refractivity (Wildman–Crippen MR) is 203 cm³/mol. The lowest BCUT2D eigenvalue weighted by atomic mass is 10.1. The van der Waals surface area contributed by atoms with Crippen LogP contribution in [0.15, 0.2) is 73.1 Å². The molecule has 4 N–H and O–H groups in total. The van der Waals surface area contributed by atoms with E-state index in [0.29, 0.717) is 58.4 Å². The number of benzene rings is 2. The first-order chi connectivity index (χ1) is 27.9. The van der Waals surface area contributed by atoms with Gasteiger partial charge >= 0.3 is 11.9 Å². The fourth-order valence-electron chi connectivity index (χ4n) is 5.82. The lowest BCUT2D eigenvalue weighted by molar-refractivity contribution is 0.0644. The van der Waals surface area contributed by atoms with Crippen molar-refractivity contribution in [2.45, 2.75) is 12.8 Å². The molecule has 288 valence electrons. The number of hydrogen-bond donors (Lipinski definition) is 4. The van der Waals surface area contributed by atoms with Gasteiger partial charge in [-0.25, -0.2) is 28.9 Å². The maximum absolute atomic E-state index is 13.2. The van der Waals surface area contributed by atoms with E-state index in [0.717, 1.165) is 25.9 Å². The largest absolute Gasteiger partial charge is 0.507 e. The molecule has 2 fully saturated rings. The van der Waals surface area contributed by atoms with E-state index >= 15 is 0 Å². The van der Waals surface area contributed by atoms with Crippen molar-refractivity contribution >= 4 is 23.8 Å². The van der Waals surface area contributed by atoms with Gasteiger partial charge in [-0.05, 0) is 61.4 Å². The maximum atomic E-state index is 13.2. The van der Waals surface area contributed by atoms with Crippen molar-refractivity contribution in [3.63, 3.8) is 0 Å². The number of hydrogen-bond acceptors (Lipinski definition) is 12. The molecule has 2 amide bonds. The number of nitrogens with zero attached hydrogens (tertiary/aromatic N) is 10. The van der Waals surface area contributed by atoms with Crippen LogP contribution in [0.25, 0.3) is 34.2 Å². The fourth-order valence-corrected chi connectivity index (χ4v) is 5.82. The Kier molecular flexibility index (Phi) is 10.3. The van der Waals surface area contributed by atoms with Gasteiger partial charge in [0.1, 0.15) is 45.4 Å². The number of carbonyl (C=O) groups excluding carboxylic acids is 2. The van der Waals surface area contributed by atoms with E-state index in [4.69, 9.17) is 23.1 Å². The van der Waals surface area contributed by atoms with Crippen molar-refractivity contribution in [1.82, 2.24) is 49.8 Å². The molecule has 0 radical (unpaired) electrons. The van der Waals surface area contributed by atoms with Crippen LogP contribution in [0.3, 0.4) is 0 Å². The molecule has 2 aliphatic heterocycles. The Morgan fingerprint density at radius 2 is 0.983 bits per heavy atom. The van der Waals surface area contributed by atoms with Gasteiger partial charge in [-0.15, -0.1) is 23.0 Å². The zero-order chi connectivity index (χ0) is 41.1. The van der Waals surface area contributed by atoms with Crippen LogP contribution in [0.5, 0.6) is 11.5 Å². The zero-order valence-electron chi connectivity index (χ0n) is 30.2. The number of aromatic carboxylic acids is 2. The Labute approximate surface area is 328 Å². The number of pyridine rings is 2. The van der Waals surface area contributed by atoms with Crippen LogP contribution >= 0.6 is 0 Å². The van der Waals surface area contributed by atoms with Crippen LogP contribution in [0.4, 0.5) is 0 Å². The minimum atomic E-state index is -1.27. The molecule has 8 rings (SSSR count). The van der Waals surface area contributed by atoms with Gasteiger partial charge in [0.05, 0.1) is 35.2 Å². The number of likely N-dealkylation sites (tertiary alicyclic amines) is 2. The van der Waals surface area contributed by atoms with Crippen molar-refractivity contribution in [2.24, 2.45) is 0 Å². The maximum Gasteiger partial charge on any atom is 0.339 e. The Morgan fingerprint density at radius 1 is 0.569 bits per heavy atom. The van der Waals surface area contributed by atoms with Gasteiger partial charge in [-0.2, -0.15) is 0 Å². The predicted octanol–water partition coefficient (Wildman–Crippen LogP) is 3.12. The third-order valence-corrected chi connectivity index (χ3v) is 9.19. The second-order valence-electron chi connectivity index (χ2n) is 12.9. The van der Waals surface area contributed by atoms with E-state index < -0.39 is 23.4 Å². The Bertz CT molecular complexity index is 2570. The summed E-state index contributed by atoms with van der Waals surface area (Å²) >= 11 is 0. The van der Waals surface area contributed by atoms with Crippen molar-refractivity contribution in [3.05, 3.63) is 107 Å². The Hall–Kier alpha value is -8.38. The Morgan fingerprint density at radius 3 is 1.33 bits per heavy atom. The van der Waals surface area contributed by atoms with E-state index in [9.17, 15) is 29.4 Å². The topological polar surface area (TPSA) is 243 Å². The molecule has 4 aromatic heterocycles. The van der Waals surface area contributed by atoms with E-state index in [1.165, 1.54) is 58.2 Å². The molecule has 6 aromatic rings. The summed E-state index contributed by atoms with van der Waals surface area (Å²) in [6, 6.07) is 14.3. The summed E-state index contributed by atoms with van der Waals surface area (Å²) in [7, 11) is 0. The van der Waals surface area contributed by atoms with Crippen LogP contribution in [-0.2, 0) is 0 Å². The number of carboxylic acid groups (broad SMARTS) is 2. The highest BCUT2D eigenvalue weighted by atomic mass is 16.4. The summed E-state index contributed by atoms with van der Waals surface area (Å²) in [5.74, 6) is 1.14. The molecule has 0 aliphatic carbocycles. The number of aromatic hydroxyl groups is 2. The second kappa shape index (κ2) is 15.8. The normalized spacial score (nSPS) is 12.9. The first-order valence-corrected chi connectivity index (χ1v) is 17.5.